The lowest BCUT2D eigenvalue weighted by molar-refractivity contribution is -0.126. The Hall–Kier alpha value is -2.53. The lowest BCUT2D eigenvalue weighted by Gasteiger charge is -2.35. The quantitative estimate of drug-likeness (QED) is 0.628. The number of nitrogens with zero attached hydrogens (tertiary/aromatic N) is 2. The Morgan fingerprint density at radius 3 is 2.04 bits per heavy atom. The van der Waals surface area contributed by atoms with Gasteiger partial charge in [-0.1, -0.05) is 24.3 Å². The molecule has 3 rings (SSSR count). The van der Waals surface area contributed by atoms with E-state index in [-0.39, 0.29) is 23.3 Å². The summed E-state index contributed by atoms with van der Waals surface area (Å²) in [6.45, 7) is 3.99. The fourth-order valence-electron chi connectivity index (χ4n) is 2.55. The Bertz CT molecular complexity index is 802. The summed E-state index contributed by atoms with van der Waals surface area (Å²) >= 11 is 5.45. The summed E-state index contributed by atoms with van der Waals surface area (Å²) in [7, 11) is 0. The molecule has 1 heterocycles. The Balaban J connectivity index is 2.03. The van der Waals surface area contributed by atoms with Crippen LogP contribution in [-0.4, -0.2) is 16.9 Å². The Morgan fingerprint density at radius 2 is 1.43 bits per heavy atom. The van der Waals surface area contributed by atoms with Gasteiger partial charge in [-0.15, -0.1) is 0 Å². The van der Waals surface area contributed by atoms with Gasteiger partial charge in [-0.2, -0.15) is 0 Å². The molecule has 0 bridgehead atoms. The van der Waals surface area contributed by atoms with Crippen molar-refractivity contribution in [1.82, 2.24) is 0 Å². The SMILES string of the molecule is Cc1ccc(N2C(=O)CC(=O)N(c3ccccc3)C2=S)cc1C. The van der Waals surface area contributed by atoms with Gasteiger partial charge in [0.25, 0.3) is 0 Å². The standard InChI is InChI=1S/C18H16N2O2S/c1-12-8-9-15(10-13(12)2)20-17(22)11-16(21)19(18(20)23)14-6-4-3-5-7-14/h3-10H,11H2,1-2H3. The van der Waals surface area contributed by atoms with E-state index in [0.29, 0.717) is 11.4 Å². The molecule has 0 atom stereocenters. The summed E-state index contributed by atoms with van der Waals surface area (Å²) in [6.07, 6.45) is -0.193. The molecule has 23 heavy (non-hydrogen) atoms. The van der Waals surface area contributed by atoms with Gasteiger partial charge in [-0.3, -0.25) is 19.4 Å². The first-order valence-corrected chi connectivity index (χ1v) is 7.72. The van der Waals surface area contributed by atoms with E-state index in [4.69, 9.17) is 12.2 Å². The van der Waals surface area contributed by atoms with Gasteiger partial charge in [0.2, 0.25) is 11.8 Å². The van der Waals surface area contributed by atoms with E-state index in [9.17, 15) is 9.59 Å². The molecule has 2 amide bonds. The summed E-state index contributed by atoms with van der Waals surface area (Å²) in [5, 5.41) is 0.195. The maximum atomic E-state index is 12.4. The molecule has 0 aliphatic carbocycles. The van der Waals surface area contributed by atoms with E-state index < -0.39 is 0 Å². The van der Waals surface area contributed by atoms with Crippen LogP contribution in [-0.2, 0) is 9.59 Å². The second-order valence-electron chi connectivity index (χ2n) is 5.52. The van der Waals surface area contributed by atoms with Gasteiger partial charge >= 0.3 is 0 Å². The molecule has 1 fully saturated rings. The van der Waals surface area contributed by atoms with Gasteiger partial charge in [0, 0.05) is 0 Å². The van der Waals surface area contributed by atoms with E-state index in [1.54, 1.807) is 12.1 Å². The van der Waals surface area contributed by atoms with Crippen molar-refractivity contribution in [2.45, 2.75) is 20.3 Å². The van der Waals surface area contributed by atoms with Crippen LogP contribution in [0.2, 0.25) is 0 Å². The number of aryl methyl sites for hydroxylation is 2. The van der Waals surface area contributed by atoms with Crippen molar-refractivity contribution in [3.05, 3.63) is 59.7 Å². The zero-order valence-corrected chi connectivity index (χ0v) is 13.8. The molecule has 0 unspecified atom stereocenters. The second kappa shape index (κ2) is 5.93. The first-order chi connectivity index (χ1) is 11.0. The number of anilines is 2. The summed E-state index contributed by atoms with van der Waals surface area (Å²) in [6, 6.07) is 14.9. The number of carbonyl (C=O) groups is 2. The van der Waals surface area contributed by atoms with Crippen LogP contribution in [0.15, 0.2) is 48.5 Å². The van der Waals surface area contributed by atoms with Crippen LogP contribution in [0.1, 0.15) is 17.5 Å². The maximum Gasteiger partial charge on any atom is 0.242 e. The van der Waals surface area contributed by atoms with Gasteiger partial charge in [-0.25, -0.2) is 0 Å². The zero-order chi connectivity index (χ0) is 16.6. The van der Waals surface area contributed by atoms with E-state index in [1.165, 1.54) is 9.80 Å². The van der Waals surface area contributed by atoms with Crippen molar-refractivity contribution in [2.24, 2.45) is 0 Å². The maximum absolute atomic E-state index is 12.4. The lowest BCUT2D eigenvalue weighted by atomic mass is 10.1. The fourth-order valence-corrected chi connectivity index (χ4v) is 2.97. The van der Waals surface area contributed by atoms with Gasteiger partial charge in [0.15, 0.2) is 5.11 Å². The number of carbonyl (C=O) groups excluding carboxylic acids is 2. The molecule has 116 valence electrons. The highest BCUT2D eigenvalue weighted by atomic mass is 32.1. The van der Waals surface area contributed by atoms with E-state index in [1.807, 2.05) is 50.2 Å². The van der Waals surface area contributed by atoms with Crippen LogP contribution in [0.3, 0.4) is 0 Å². The molecule has 0 saturated carbocycles. The number of hydrogen-bond acceptors (Lipinski definition) is 3. The Kier molecular flexibility index (Phi) is 3.96. The highest BCUT2D eigenvalue weighted by Crippen LogP contribution is 2.27. The molecule has 0 aromatic heterocycles. The molecule has 1 aliphatic rings. The van der Waals surface area contributed by atoms with Crippen molar-refractivity contribution in [2.75, 3.05) is 9.80 Å². The summed E-state index contributed by atoms with van der Waals surface area (Å²) in [5.41, 5.74) is 3.57. The molecule has 2 aromatic rings. The van der Waals surface area contributed by atoms with Crippen molar-refractivity contribution >= 4 is 40.5 Å². The molecule has 0 N–H and O–H groups in total. The predicted octanol–water partition coefficient (Wildman–Crippen LogP) is 3.36. The zero-order valence-electron chi connectivity index (χ0n) is 12.9. The van der Waals surface area contributed by atoms with Crippen molar-refractivity contribution in [3.63, 3.8) is 0 Å². The third-order valence-corrected chi connectivity index (χ3v) is 4.31. The van der Waals surface area contributed by atoms with Gasteiger partial charge in [-0.05, 0) is 61.5 Å². The second-order valence-corrected chi connectivity index (χ2v) is 5.89. The van der Waals surface area contributed by atoms with E-state index in [0.717, 1.165) is 11.1 Å². The van der Waals surface area contributed by atoms with Crippen LogP contribution in [0.25, 0.3) is 0 Å². The molecular weight excluding hydrogens is 308 g/mol. The molecule has 0 radical (unpaired) electrons. The first kappa shape index (κ1) is 15.4. The van der Waals surface area contributed by atoms with Crippen LogP contribution in [0.5, 0.6) is 0 Å². The normalized spacial score (nSPS) is 15.3. The minimum absolute atomic E-state index is 0.193. The van der Waals surface area contributed by atoms with Crippen LogP contribution in [0, 0.1) is 13.8 Å². The topological polar surface area (TPSA) is 40.6 Å². The largest absolute Gasteiger partial charge is 0.273 e. The minimum atomic E-state index is -0.300. The average Bonchev–Trinajstić information content (AvgIpc) is 2.51. The highest BCUT2D eigenvalue weighted by molar-refractivity contribution is 7.81. The smallest absolute Gasteiger partial charge is 0.242 e. The molecule has 4 nitrogen and oxygen atoms in total. The average molecular weight is 324 g/mol. The first-order valence-electron chi connectivity index (χ1n) is 7.31. The Labute approximate surface area is 140 Å². The molecule has 0 spiro atoms. The fraction of sp³-hybridized carbons (Fsp3) is 0.167. The molecule has 1 saturated heterocycles. The monoisotopic (exact) mass is 324 g/mol. The van der Waals surface area contributed by atoms with Crippen molar-refractivity contribution in [3.8, 4) is 0 Å². The van der Waals surface area contributed by atoms with E-state index in [2.05, 4.69) is 0 Å². The van der Waals surface area contributed by atoms with Crippen LogP contribution in [0.4, 0.5) is 11.4 Å². The lowest BCUT2D eigenvalue weighted by Crippen LogP contribution is -2.55. The van der Waals surface area contributed by atoms with Crippen molar-refractivity contribution < 1.29 is 9.59 Å². The van der Waals surface area contributed by atoms with E-state index >= 15 is 0 Å². The summed E-state index contributed by atoms with van der Waals surface area (Å²) in [5.74, 6) is -0.596. The third kappa shape index (κ3) is 2.75. The summed E-state index contributed by atoms with van der Waals surface area (Å²) in [4.78, 5) is 27.5. The summed E-state index contributed by atoms with van der Waals surface area (Å²) < 4.78 is 0. The van der Waals surface area contributed by atoms with Gasteiger partial charge < -0.3 is 0 Å². The number of hydrogen-bond donors (Lipinski definition) is 0. The molecular formula is C18H16N2O2S. The van der Waals surface area contributed by atoms with Crippen molar-refractivity contribution in [1.29, 1.82) is 0 Å². The van der Waals surface area contributed by atoms with Crippen LogP contribution >= 0.6 is 12.2 Å². The number of rotatable bonds is 2. The number of amides is 2. The third-order valence-electron chi connectivity index (χ3n) is 3.95. The molecule has 1 aliphatic heterocycles. The van der Waals surface area contributed by atoms with Gasteiger partial charge in [0.1, 0.15) is 6.42 Å². The number of benzene rings is 2. The number of para-hydroxylation sites is 1. The Morgan fingerprint density at radius 1 is 0.826 bits per heavy atom. The molecule has 5 heteroatoms. The highest BCUT2D eigenvalue weighted by Gasteiger charge is 2.36. The number of thiocarbonyl (C=S) groups is 1. The minimum Gasteiger partial charge on any atom is -0.273 e. The predicted molar refractivity (Wildman–Crippen MR) is 94.5 cm³/mol. The molecule has 2 aromatic carbocycles. The van der Waals surface area contributed by atoms with Gasteiger partial charge in [0.05, 0.1) is 11.4 Å². The van der Waals surface area contributed by atoms with Crippen LogP contribution < -0.4 is 9.80 Å².